The summed E-state index contributed by atoms with van der Waals surface area (Å²) in [6.45, 7) is 1.89. The monoisotopic (exact) mass is 312 g/mol. The molecule has 3 rings (SSSR count). The van der Waals surface area contributed by atoms with E-state index in [4.69, 9.17) is 5.73 Å². The molecule has 0 saturated carbocycles. The van der Waals surface area contributed by atoms with Crippen LogP contribution < -0.4 is 11.1 Å². The van der Waals surface area contributed by atoms with Gasteiger partial charge in [0.05, 0.1) is 16.3 Å². The molecule has 3 aromatic rings. The number of nitrogens with one attached hydrogen (secondary N) is 1. The summed E-state index contributed by atoms with van der Waals surface area (Å²) < 4.78 is 0. The molecule has 0 spiro atoms. The normalized spacial score (nSPS) is 10.4. The zero-order valence-electron chi connectivity index (χ0n) is 11.6. The van der Waals surface area contributed by atoms with Crippen LogP contribution in [0.3, 0.4) is 0 Å². The summed E-state index contributed by atoms with van der Waals surface area (Å²) in [7, 11) is 0. The molecule has 0 atom stereocenters. The second-order valence-corrected chi connectivity index (χ2v) is 5.53. The van der Waals surface area contributed by atoms with Gasteiger partial charge in [0.25, 0.3) is 0 Å². The number of thiazole rings is 1. The number of aryl methyl sites for hydroxylation is 1. The van der Waals surface area contributed by atoms with E-state index in [1.54, 1.807) is 30.5 Å². The van der Waals surface area contributed by atoms with E-state index in [2.05, 4.69) is 25.4 Å². The highest BCUT2D eigenvalue weighted by Crippen LogP contribution is 2.30. The number of benzene rings is 1. The van der Waals surface area contributed by atoms with E-state index in [9.17, 15) is 4.91 Å². The van der Waals surface area contributed by atoms with Crippen molar-refractivity contribution in [3.05, 3.63) is 47.1 Å². The molecular formula is C14H12N6OS. The number of nitrogens with two attached hydrogens (primary N) is 1. The van der Waals surface area contributed by atoms with Crippen molar-refractivity contribution >= 4 is 33.8 Å². The largest absolute Gasteiger partial charge is 0.375 e. The van der Waals surface area contributed by atoms with Crippen molar-refractivity contribution in [2.24, 2.45) is 5.18 Å². The van der Waals surface area contributed by atoms with Gasteiger partial charge >= 0.3 is 0 Å². The van der Waals surface area contributed by atoms with Crippen LogP contribution in [0.2, 0.25) is 0 Å². The topological polar surface area (TPSA) is 106 Å². The van der Waals surface area contributed by atoms with Gasteiger partial charge in [0.2, 0.25) is 5.95 Å². The first-order valence-electron chi connectivity index (χ1n) is 6.42. The molecule has 3 N–H and O–H groups in total. The molecule has 0 aliphatic rings. The van der Waals surface area contributed by atoms with Crippen molar-refractivity contribution < 1.29 is 0 Å². The van der Waals surface area contributed by atoms with Crippen molar-refractivity contribution in [1.29, 1.82) is 0 Å². The maximum Gasteiger partial charge on any atom is 0.227 e. The fourth-order valence-corrected chi connectivity index (χ4v) is 2.74. The molecule has 2 aromatic heterocycles. The lowest BCUT2D eigenvalue weighted by Crippen LogP contribution is -1.97. The number of hydrogen-bond acceptors (Lipinski definition) is 8. The summed E-state index contributed by atoms with van der Waals surface area (Å²) in [5, 5.41) is 6.45. The molecule has 0 amide bonds. The Kier molecular flexibility index (Phi) is 3.75. The Morgan fingerprint density at radius 3 is 2.59 bits per heavy atom. The van der Waals surface area contributed by atoms with Crippen LogP contribution in [0.25, 0.3) is 10.6 Å². The molecule has 110 valence electrons. The average molecular weight is 312 g/mol. The van der Waals surface area contributed by atoms with Gasteiger partial charge in [-0.15, -0.1) is 4.91 Å². The SMILES string of the molecule is Cc1nc(N)sc1-c1ccnc(Nc2ccc(N=O)cc2)n1. The quantitative estimate of drug-likeness (QED) is 0.712. The highest BCUT2D eigenvalue weighted by Gasteiger charge is 2.10. The van der Waals surface area contributed by atoms with Crippen molar-refractivity contribution in [3.63, 3.8) is 0 Å². The van der Waals surface area contributed by atoms with Gasteiger partial charge in [0, 0.05) is 11.9 Å². The van der Waals surface area contributed by atoms with Gasteiger partial charge in [-0.25, -0.2) is 15.0 Å². The number of nitrogens with zero attached hydrogens (tertiary/aromatic N) is 4. The maximum absolute atomic E-state index is 10.4. The smallest absolute Gasteiger partial charge is 0.227 e. The molecular weight excluding hydrogens is 300 g/mol. The Morgan fingerprint density at radius 1 is 1.18 bits per heavy atom. The van der Waals surface area contributed by atoms with Crippen molar-refractivity contribution in [2.75, 3.05) is 11.1 Å². The van der Waals surface area contributed by atoms with Crippen LogP contribution in [-0.4, -0.2) is 15.0 Å². The molecule has 8 heteroatoms. The Balaban J connectivity index is 1.87. The van der Waals surface area contributed by atoms with Gasteiger partial charge in [-0.3, -0.25) is 0 Å². The minimum absolute atomic E-state index is 0.371. The molecule has 1 aromatic carbocycles. The van der Waals surface area contributed by atoms with E-state index in [0.717, 1.165) is 22.0 Å². The number of nitrogen functional groups attached to an aromatic ring is 1. The Morgan fingerprint density at radius 2 is 1.95 bits per heavy atom. The van der Waals surface area contributed by atoms with Gasteiger partial charge in [0.15, 0.2) is 5.13 Å². The number of nitroso groups, excluding NO2 is 1. The highest BCUT2D eigenvalue weighted by atomic mass is 32.1. The Labute approximate surface area is 130 Å². The van der Waals surface area contributed by atoms with Crippen molar-refractivity contribution in [3.8, 4) is 10.6 Å². The average Bonchev–Trinajstić information content (AvgIpc) is 2.87. The molecule has 0 radical (unpaired) electrons. The predicted octanol–water partition coefficient (Wildman–Crippen LogP) is 3.63. The summed E-state index contributed by atoms with van der Waals surface area (Å²) in [6.07, 6.45) is 1.67. The standard InChI is InChI=1S/C14H12N6OS/c1-8-12(22-13(15)17-8)11-6-7-16-14(19-11)18-9-2-4-10(20-21)5-3-9/h2-7H,1H3,(H2,15,17)(H,16,18,19). The van der Waals surface area contributed by atoms with Crippen LogP contribution in [-0.2, 0) is 0 Å². The first-order valence-corrected chi connectivity index (χ1v) is 7.24. The lowest BCUT2D eigenvalue weighted by molar-refractivity contribution is 1.16. The molecule has 7 nitrogen and oxygen atoms in total. The first kappa shape index (κ1) is 14.1. The summed E-state index contributed by atoms with van der Waals surface area (Å²) in [5.74, 6) is 0.454. The molecule has 0 aliphatic heterocycles. The molecule has 22 heavy (non-hydrogen) atoms. The van der Waals surface area contributed by atoms with Crippen molar-refractivity contribution in [1.82, 2.24) is 15.0 Å². The Bertz CT molecular complexity index is 814. The van der Waals surface area contributed by atoms with Gasteiger partial charge in [0.1, 0.15) is 5.69 Å². The second kappa shape index (κ2) is 5.86. The lowest BCUT2D eigenvalue weighted by atomic mass is 10.3. The second-order valence-electron chi connectivity index (χ2n) is 4.50. The molecule has 2 heterocycles. The number of aromatic nitrogens is 3. The van der Waals surface area contributed by atoms with Crippen LogP contribution in [0.4, 0.5) is 22.5 Å². The number of rotatable bonds is 4. The van der Waals surface area contributed by atoms with Crippen LogP contribution >= 0.6 is 11.3 Å². The third-order valence-electron chi connectivity index (χ3n) is 2.93. The number of hydrogen-bond donors (Lipinski definition) is 2. The zero-order chi connectivity index (χ0) is 15.5. The summed E-state index contributed by atoms with van der Waals surface area (Å²) in [6, 6.07) is 8.52. The van der Waals surface area contributed by atoms with E-state index >= 15 is 0 Å². The highest BCUT2D eigenvalue weighted by molar-refractivity contribution is 7.18. The van der Waals surface area contributed by atoms with Crippen LogP contribution in [0.1, 0.15) is 5.69 Å². The molecule has 0 saturated heterocycles. The molecule has 0 bridgehead atoms. The molecule has 0 fully saturated rings. The van der Waals surface area contributed by atoms with Crippen LogP contribution in [0, 0.1) is 11.8 Å². The predicted molar refractivity (Wildman–Crippen MR) is 87.5 cm³/mol. The summed E-state index contributed by atoms with van der Waals surface area (Å²) in [4.78, 5) is 24.2. The van der Waals surface area contributed by atoms with E-state index in [1.165, 1.54) is 11.3 Å². The third-order valence-corrected chi connectivity index (χ3v) is 3.94. The summed E-state index contributed by atoms with van der Waals surface area (Å²) >= 11 is 1.39. The van der Waals surface area contributed by atoms with Gasteiger partial charge in [-0.1, -0.05) is 11.3 Å². The van der Waals surface area contributed by atoms with E-state index in [1.807, 2.05) is 13.0 Å². The van der Waals surface area contributed by atoms with Crippen LogP contribution in [0.15, 0.2) is 41.7 Å². The van der Waals surface area contributed by atoms with Gasteiger partial charge in [-0.2, -0.15) is 0 Å². The fourth-order valence-electron chi connectivity index (χ4n) is 1.94. The maximum atomic E-state index is 10.4. The fraction of sp³-hybridized carbons (Fsp3) is 0.0714. The third kappa shape index (κ3) is 2.91. The van der Waals surface area contributed by atoms with E-state index in [-0.39, 0.29) is 0 Å². The van der Waals surface area contributed by atoms with Crippen LogP contribution in [0.5, 0.6) is 0 Å². The van der Waals surface area contributed by atoms with Gasteiger partial charge < -0.3 is 11.1 Å². The summed E-state index contributed by atoms with van der Waals surface area (Å²) in [5.41, 5.74) is 8.46. The minimum atomic E-state index is 0.371. The van der Waals surface area contributed by atoms with E-state index in [0.29, 0.717) is 16.8 Å². The molecule has 0 aliphatic carbocycles. The first-order chi connectivity index (χ1) is 10.7. The lowest BCUT2D eigenvalue weighted by Gasteiger charge is -2.06. The minimum Gasteiger partial charge on any atom is -0.375 e. The zero-order valence-corrected chi connectivity index (χ0v) is 12.5. The van der Waals surface area contributed by atoms with Gasteiger partial charge in [-0.05, 0) is 42.4 Å². The van der Waals surface area contributed by atoms with Crippen molar-refractivity contribution in [2.45, 2.75) is 6.92 Å². The van der Waals surface area contributed by atoms with E-state index < -0.39 is 0 Å². The Hall–Kier alpha value is -2.87. The number of anilines is 3. The molecule has 0 unspecified atom stereocenters.